The first-order chi connectivity index (χ1) is 24.2. The van der Waals surface area contributed by atoms with E-state index in [0.717, 1.165) is 77.6 Å². The zero-order valence-electron chi connectivity index (χ0n) is 26.3. The predicted molar refractivity (Wildman–Crippen MR) is 190 cm³/mol. The molecule has 0 spiro atoms. The molecule has 11 rings (SSSR count). The third-order valence-corrected chi connectivity index (χ3v) is 9.18. The maximum Gasteiger partial charge on any atom is 0.208 e. The molecule has 0 atom stereocenters. The molecule has 244 valence electrons. The van der Waals surface area contributed by atoms with Gasteiger partial charge in [-0.2, -0.15) is 6.67 Å². The molecule has 0 radical (unpaired) electrons. The normalized spacial score (nSPS) is 13.3. The van der Waals surface area contributed by atoms with Gasteiger partial charge in [-0.25, -0.2) is 9.97 Å². The van der Waals surface area contributed by atoms with Gasteiger partial charge in [0.05, 0.1) is 22.4 Å². The van der Waals surface area contributed by atoms with Crippen LogP contribution in [0.2, 0.25) is 0 Å². The van der Waals surface area contributed by atoms with E-state index in [1.165, 1.54) is 0 Å². The number of pyridine rings is 1. The van der Waals surface area contributed by atoms with Crippen molar-refractivity contribution in [3.8, 4) is 17.3 Å². The van der Waals surface area contributed by atoms with Gasteiger partial charge in [0.2, 0.25) is 5.78 Å². The Hall–Kier alpha value is -6.05. The Morgan fingerprint density at radius 1 is 0.760 bits per heavy atom. The SMILES string of the molecule is CN1C=CN(c2[c-]c(Oc3[c-]c4c(cc3)n3c5ccccc5nc3n4-c3ccccn3)c3oc4ccc5oc6ccccc6c5c4c3c2)[CH-]1.[Pt]. The minimum atomic E-state index is 0. The van der Waals surface area contributed by atoms with Crippen molar-refractivity contribution in [3.63, 3.8) is 0 Å². The number of benzene rings is 5. The fraction of sp³-hybridized carbons (Fsp3) is 0.0250. The van der Waals surface area contributed by atoms with E-state index < -0.39 is 0 Å². The van der Waals surface area contributed by atoms with Gasteiger partial charge in [0.15, 0.2) is 0 Å². The second kappa shape index (κ2) is 10.7. The topological polar surface area (TPSA) is 77.1 Å². The zero-order chi connectivity index (χ0) is 32.2. The van der Waals surface area contributed by atoms with Crippen LogP contribution >= 0.6 is 0 Å². The molecule has 6 heterocycles. The summed E-state index contributed by atoms with van der Waals surface area (Å²) in [5.41, 5.74) is 7.37. The number of rotatable bonds is 4. The van der Waals surface area contributed by atoms with Crippen molar-refractivity contribution in [3.05, 3.63) is 134 Å². The number of furan rings is 2. The first-order valence-corrected chi connectivity index (χ1v) is 15.9. The van der Waals surface area contributed by atoms with Gasteiger partial charge in [-0.05, 0) is 72.9 Å². The molecule has 0 unspecified atom stereocenters. The number of fused-ring (bicyclic) bond motifs is 12. The third kappa shape index (κ3) is 4.10. The molecular weight excluding hydrogens is 808 g/mol. The number of nitrogens with zero attached hydrogens (tertiary/aromatic N) is 6. The van der Waals surface area contributed by atoms with Crippen LogP contribution in [0, 0.1) is 18.8 Å². The number of hydrogen-bond donors (Lipinski definition) is 0. The van der Waals surface area contributed by atoms with Gasteiger partial charge < -0.3 is 27.8 Å². The Morgan fingerprint density at radius 3 is 2.44 bits per heavy atom. The molecule has 5 aromatic heterocycles. The van der Waals surface area contributed by atoms with Crippen LogP contribution in [-0.4, -0.2) is 30.9 Å². The second-order valence-corrected chi connectivity index (χ2v) is 12.1. The van der Waals surface area contributed by atoms with E-state index in [9.17, 15) is 0 Å². The molecule has 1 aliphatic rings. The molecule has 50 heavy (non-hydrogen) atoms. The fourth-order valence-corrected chi connectivity index (χ4v) is 7.06. The van der Waals surface area contributed by atoms with Crippen LogP contribution in [0.4, 0.5) is 5.69 Å². The number of aromatic nitrogens is 4. The minimum Gasteiger partial charge on any atom is -0.512 e. The van der Waals surface area contributed by atoms with Crippen molar-refractivity contribution in [2.24, 2.45) is 0 Å². The van der Waals surface area contributed by atoms with E-state index in [0.29, 0.717) is 17.1 Å². The molecule has 0 saturated heterocycles. The predicted octanol–water partition coefficient (Wildman–Crippen LogP) is 9.36. The van der Waals surface area contributed by atoms with Crippen LogP contribution < -0.4 is 9.64 Å². The quantitative estimate of drug-likeness (QED) is 0.164. The second-order valence-electron chi connectivity index (χ2n) is 12.1. The van der Waals surface area contributed by atoms with Gasteiger partial charge in [0.1, 0.15) is 22.6 Å². The summed E-state index contributed by atoms with van der Waals surface area (Å²) in [5, 5.41) is 3.90. The van der Waals surface area contributed by atoms with E-state index in [1.807, 2.05) is 119 Å². The van der Waals surface area contributed by atoms with Gasteiger partial charge in [-0.3, -0.25) is 4.57 Å². The van der Waals surface area contributed by atoms with Crippen LogP contribution in [0.5, 0.6) is 11.5 Å². The Labute approximate surface area is 298 Å². The zero-order valence-corrected chi connectivity index (χ0v) is 28.5. The van der Waals surface area contributed by atoms with Crippen molar-refractivity contribution < 1.29 is 34.6 Å². The van der Waals surface area contributed by atoms with Gasteiger partial charge in [-0.15, -0.1) is 36.0 Å². The summed E-state index contributed by atoms with van der Waals surface area (Å²) in [4.78, 5) is 13.7. The molecule has 0 saturated carbocycles. The van der Waals surface area contributed by atoms with E-state index in [1.54, 1.807) is 6.20 Å². The summed E-state index contributed by atoms with van der Waals surface area (Å²) < 4.78 is 23.7. The molecule has 10 aromatic rings. The van der Waals surface area contributed by atoms with Gasteiger partial charge in [0, 0.05) is 49.2 Å². The minimum absolute atomic E-state index is 0. The van der Waals surface area contributed by atoms with Crippen LogP contribution in [0.3, 0.4) is 0 Å². The Morgan fingerprint density at radius 2 is 1.58 bits per heavy atom. The smallest absolute Gasteiger partial charge is 0.208 e. The first kappa shape index (κ1) is 28.9. The molecule has 0 aliphatic carbocycles. The van der Waals surface area contributed by atoms with Crippen molar-refractivity contribution >= 4 is 77.4 Å². The summed E-state index contributed by atoms with van der Waals surface area (Å²) in [7, 11) is 1.99. The molecule has 0 N–H and O–H groups in total. The van der Waals surface area contributed by atoms with E-state index in [2.05, 4.69) is 39.7 Å². The Kier molecular flexibility index (Phi) is 6.20. The average molecular weight is 831 g/mol. The molecule has 9 nitrogen and oxygen atoms in total. The number of imidazole rings is 2. The van der Waals surface area contributed by atoms with E-state index in [4.69, 9.17) is 18.6 Å². The van der Waals surface area contributed by atoms with Crippen LogP contribution in [0.25, 0.3) is 77.5 Å². The van der Waals surface area contributed by atoms with Crippen LogP contribution in [-0.2, 0) is 21.1 Å². The molecule has 0 bridgehead atoms. The summed E-state index contributed by atoms with van der Waals surface area (Å²) in [6.07, 6.45) is 5.76. The Balaban J connectivity index is 0.00000316. The molecule has 5 aromatic carbocycles. The summed E-state index contributed by atoms with van der Waals surface area (Å²) in [5.74, 6) is 2.43. The molecule has 0 fully saturated rings. The summed E-state index contributed by atoms with van der Waals surface area (Å²) >= 11 is 0. The van der Waals surface area contributed by atoms with Gasteiger partial charge in [-0.1, -0.05) is 41.8 Å². The number of hydrogen-bond acceptors (Lipinski definition) is 7. The Bertz CT molecular complexity index is 2990. The molecule has 0 amide bonds. The van der Waals surface area contributed by atoms with E-state index in [-0.39, 0.29) is 21.1 Å². The average Bonchev–Trinajstić information content (AvgIpc) is 3.94. The summed E-state index contributed by atoms with van der Waals surface area (Å²) in [6.45, 7) is 1.99. The van der Waals surface area contributed by atoms with Gasteiger partial charge in [0.25, 0.3) is 0 Å². The monoisotopic (exact) mass is 830 g/mol. The largest absolute Gasteiger partial charge is 0.512 e. The standard InChI is InChI=1S/C40H23N6O3.Pt/c1-43-18-19-44(23-43)24-20-27-38-34(16-15-33-37(38)26-8-2-5-11-32(26)48-33)49-39(27)35(21-24)47-25-13-14-30-31(22-25)46(36-12-6-7-17-41-36)40-42-28-9-3-4-10-29(28)45(30)40;/h2-20,23H,1H3;/q-3;. The van der Waals surface area contributed by atoms with Crippen molar-refractivity contribution in [1.29, 1.82) is 0 Å². The summed E-state index contributed by atoms with van der Waals surface area (Å²) in [6, 6.07) is 39.0. The number of para-hydroxylation sites is 3. The number of anilines is 1. The van der Waals surface area contributed by atoms with Crippen molar-refractivity contribution in [1.82, 2.24) is 23.8 Å². The molecule has 10 heteroatoms. The fourth-order valence-electron chi connectivity index (χ4n) is 7.06. The number of ether oxygens (including phenoxy) is 1. The maximum absolute atomic E-state index is 6.72. The van der Waals surface area contributed by atoms with Gasteiger partial charge >= 0.3 is 0 Å². The van der Waals surface area contributed by atoms with Crippen LogP contribution in [0.1, 0.15) is 0 Å². The van der Waals surface area contributed by atoms with Crippen molar-refractivity contribution in [2.45, 2.75) is 0 Å². The molecular formula is C40H23N6O3Pt-3. The van der Waals surface area contributed by atoms with Crippen molar-refractivity contribution in [2.75, 3.05) is 11.9 Å². The maximum atomic E-state index is 6.72. The third-order valence-electron chi connectivity index (χ3n) is 9.18. The van der Waals surface area contributed by atoms with E-state index >= 15 is 0 Å². The first-order valence-electron chi connectivity index (χ1n) is 15.9. The van der Waals surface area contributed by atoms with Crippen LogP contribution in [0.15, 0.2) is 124 Å². The molecule has 1 aliphatic heterocycles.